The molecule has 1 aliphatic rings. The van der Waals surface area contributed by atoms with Gasteiger partial charge in [-0.15, -0.1) is 0 Å². The van der Waals surface area contributed by atoms with Gasteiger partial charge in [-0.2, -0.15) is 0 Å². The Hall–Kier alpha value is -0.670. The van der Waals surface area contributed by atoms with Crippen LogP contribution in [0.1, 0.15) is 26.7 Å². The van der Waals surface area contributed by atoms with E-state index in [1.807, 2.05) is 13.8 Å². The van der Waals surface area contributed by atoms with Crippen molar-refractivity contribution in [2.75, 3.05) is 0 Å². The van der Waals surface area contributed by atoms with Gasteiger partial charge in [-0.1, -0.05) is 19.1 Å². The molecule has 3 unspecified atom stereocenters. The van der Waals surface area contributed by atoms with Gasteiger partial charge in [0.15, 0.2) is 0 Å². The quantitative estimate of drug-likeness (QED) is 0.504. The Bertz CT molecular complexity index is 225. The lowest BCUT2D eigenvalue weighted by atomic mass is 9.76. The molecule has 3 nitrogen and oxygen atoms in total. The van der Waals surface area contributed by atoms with Gasteiger partial charge >= 0.3 is 0 Å². The summed E-state index contributed by atoms with van der Waals surface area (Å²) >= 11 is 0. The third-order valence-electron chi connectivity index (χ3n) is 2.96. The van der Waals surface area contributed by atoms with Crippen LogP contribution in [0.5, 0.6) is 0 Å². The van der Waals surface area contributed by atoms with E-state index in [0.717, 1.165) is 12.0 Å². The van der Waals surface area contributed by atoms with E-state index in [1.165, 1.54) is 0 Å². The lowest BCUT2D eigenvalue weighted by Gasteiger charge is -2.32. The maximum absolute atomic E-state index is 11.5. The standard InChI is InChI=1S/C10H17NO2/c1-6(2)8-4-9(11-13)7(3)10(12)5-8/h7-9,11,13H,1,4-5H2,2-3H3. The zero-order chi connectivity index (χ0) is 10.0. The normalized spacial score (nSPS) is 34.7. The molecule has 1 fully saturated rings. The minimum Gasteiger partial charge on any atom is -0.317 e. The Balaban J connectivity index is 2.69. The van der Waals surface area contributed by atoms with Crippen molar-refractivity contribution in [3.63, 3.8) is 0 Å². The molecule has 3 heteroatoms. The van der Waals surface area contributed by atoms with Crippen LogP contribution in [0.3, 0.4) is 0 Å². The van der Waals surface area contributed by atoms with Crippen LogP contribution in [0.15, 0.2) is 12.2 Å². The topological polar surface area (TPSA) is 49.3 Å². The summed E-state index contributed by atoms with van der Waals surface area (Å²) in [6.45, 7) is 7.63. The van der Waals surface area contributed by atoms with Gasteiger partial charge in [0.25, 0.3) is 0 Å². The Kier molecular flexibility index (Phi) is 3.22. The fraction of sp³-hybridized carbons (Fsp3) is 0.700. The third-order valence-corrected chi connectivity index (χ3v) is 2.96. The first-order valence-corrected chi connectivity index (χ1v) is 4.64. The van der Waals surface area contributed by atoms with Crippen molar-refractivity contribution in [1.29, 1.82) is 0 Å². The molecule has 3 atom stereocenters. The van der Waals surface area contributed by atoms with Crippen molar-refractivity contribution < 1.29 is 10.0 Å². The molecule has 0 aromatic rings. The van der Waals surface area contributed by atoms with E-state index >= 15 is 0 Å². The van der Waals surface area contributed by atoms with Crippen molar-refractivity contribution in [2.24, 2.45) is 11.8 Å². The fourth-order valence-electron chi connectivity index (χ4n) is 1.79. The molecule has 0 aliphatic heterocycles. The number of hydrogen-bond acceptors (Lipinski definition) is 3. The SMILES string of the molecule is C=C(C)C1CC(=O)C(C)C(NO)C1. The lowest BCUT2D eigenvalue weighted by Crippen LogP contribution is -2.43. The summed E-state index contributed by atoms with van der Waals surface area (Å²) in [4.78, 5) is 11.5. The van der Waals surface area contributed by atoms with Crippen molar-refractivity contribution in [1.82, 2.24) is 5.48 Å². The number of nitrogens with one attached hydrogen (secondary N) is 1. The molecular formula is C10H17NO2. The van der Waals surface area contributed by atoms with Gasteiger partial charge < -0.3 is 5.21 Å². The number of ketones is 1. The van der Waals surface area contributed by atoms with Crippen molar-refractivity contribution >= 4 is 5.78 Å². The van der Waals surface area contributed by atoms with Gasteiger partial charge in [-0.3, -0.25) is 4.79 Å². The molecule has 74 valence electrons. The van der Waals surface area contributed by atoms with Crippen LogP contribution in [0.25, 0.3) is 0 Å². The van der Waals surface area contributed by atoms with E-state index in [1.54, 1.807) is 0 Å². The van der Waals surface area contributed by atoms with E-state index in [9.17, 15) is 4.79 Å². The fourth-order valence-corrected chi connectivity index (χ4v) is 1.79. The van der Waals surface area contributed by atoms with E-state index < -0.39 is 0 Å². The number of Topliss-reactive ketones (excluding diaryl/α,β-unsaturated/α-hetero) is 1. The maximum Gasteiger partial charge on any atom is 0.137 e. The number of rotatable bonds is 2. The molecule has 0 saturated heterocycles. The summed E-state index contributed by atoms with van der Waals surface area (Å²) in [5.41, 5.74) is 3.24. The molecule has 0 aromatic carbocycles. The molecule has 0 bridgehead atoms. The monoisotopic (exact) mass is 183 g/mol. The lowest BCUT2D eigenvalue weighted by molar-refractivity contribution is -0.127. The molecule has 1 rings (SSSR count). The van der Waals surface area contributed by atoms with Crippen molar-refractivity contribution in [2.45, 2.75) is 32.7 Å². The van der Waals surface area contributed by atoms with Crippen LogP contribution in [0, 0.1) is 11.8 Å². The number of allylic oxidation sites excluding steroid dienone is 1. The largest absolute Gasteiger partial charge is 0.317 e. The van der Waals surface area contributed by atoms with Crippen LogP contribution in [0.2, 0.25) is 0 Å². The summed E-state index contributed by atoms with van der Waals surface area (Å²) in [7, 11) is 0. The van der Waals surface area contributed by atoms with Crippen LogP contribution in [-0.4, -0.2) is 17.0 Å². The van der Waals surface area contributed by atoms with Crippen molar-refractivity contribution in [3.05, 3.63) is 12.2 Å². The van der Waals surface area contributed by atoms with Gasteiger partial charge in [0.2, 0.25) is 0 Å². The zero-order valence-electron chi connectivity index (χ0n) is 8.21. The van der Waals surface area contributed by atoms with Gasteiger partial charge in [-0.05, 0) is 19.3 Å². The minimum atomic E-state index is -0.108. The van der Waals surface area contributed by atoms with Crippen LogP contribution >= 0.6 is 0 Å². The molecular weight excluding hydrogens is 166 g/mol. The molecule has 1 saturated carbocycles. The molecule has 0 amide bonds. The predicted octanol–water partition coefficient (Wildman–Crippen LogP) is 1.53. The summed E-state index contributed by atoms with van der Waals surface area (Å²) in [6.07, 6.45) is 1.38. The van der Waals surface area contributed by atoms with E-state index in [0.29, 0.717) is 6.42 Å². The first-order chi connectivity index (χ1) is 6.06. The molecule has 0 aromatic heterocycles. The molecule has 0 spiro atoms. The predicted molar refractivity (Wildman–Crippen MR) is 50.4 cm³/mol. The molecule has 0 heterocycles. The van der Waals surface area contributed by atoms with Crippen LogP contribution < -0.4 is 5.48 Å². The van der Waals surface area contributed by atoms with Gasteiger partial charge in [0, 0.05) is 18.4 Å². The Morgan fingerprint density at radius 3 is 2.77 bits per heavy atom. The highest BCUT2D eigenvalue weighted by Gasteiger charge is 2.33. The number of carbonyl (C=O) groups is 1. The summed E-state index contributed by atoms with van der Waals surface area (Å²) < 4.78 is 0. The Labute approximate surface area is 78.8 Å². The second-order valence-electron chi connectivity index (χ2n) is 3.97. The minimum absolute atomic E-state index is 0.0828. The average Bonchev–Trinajstić information content (AvgIpc) is 2.09. The molecule has 1 aliphatic carbocycles. The smallest absolute Gasteiger partial charge is 0.137 e. The molecule has 2 N–H and O–H groups in total. The van der Waals surface area contributed by atoms with E-state index in [4.69, 9.17) is 5.21 Å². The third kappa shape index (κ3) is 2.17. The summed E-state index contributed by atoms with van der Waals surface area (Å²) in [5.74, 6) is 0.361. The highest BCUT2D eigenvalue weighted by atomic mass is 16.5. The van der Waals surface area contributed by atoms with E-state index in [2.05, 4.69) is 12.1 Å². The summed E-state index contributed by atoms with van der Waals surface area (Å²) in [5, 5.41) is 8.85. The number of hydrogen-bond donors (Lipinski definition) is 2. The second kappa shape index (κ2) is 4.03. The zero-order valence-corrected chi connectivity index (χ0v) is 8.21. The van der Waals surface area contributed by atoms with Gasteiger partial charge in [-0.25, -0.2) is 5.48 Å². The van der Waals surface area contributed by atoms with Crippen molar-refractivity contribution in [3.8, 4) is 0 Å². The van der Waals surface area contributed by atoms with Crippen LogP contribution in [-0.2, 0) is 4.79 Å². The highest BCUT2D eigenvalue weighted by Crippen LogP contribution is 2.29. The van der Waals surface area contributed by atoms with Gasteiger partial charge in [0.05, 0.1) is 0 Å². The average molecular weight is 183 g/mol. The van der Waals surface area contributed by atoms with Gasteiger partial charge in [0.1, 0.15) is 5.78 Å². The molecule has 0 radical (unpaired) electrons. The maximum atomic E-state index is 11.5. The van der Waals surface area contributed by atoms with Crippen LogP contribution in [0.4, 0.5) is 0 Å². The Morgan fingerprint density at radius 1 is 1.69 bits per heavy atom. The number of hydroxylamine groups is 1. The number of carbonyl (C=O) groups excluding carboxylic acids is 1. The Morgan fingerprint density at radius 2 is 2.31 bits per heavy atom. The molecule has 13 heavy (non-hydrogen) atoms. The second-order valence-corrected chi connectivity index (χ2v) is 3.97. The summed E-state index contributed by atoms with van der Waals surface area (Å²) in [6, 6.07) is -0.108. The van der Waals surface area contributed by atoms with E-state index in [-0.39, 0.29) is 23.7 Å². The highest BCUT2D eigenvalue weighted by molar-refractivity contribution is 5.82. The first kappa shape index (κ1) is 10.4. The first-order valence-electron chi connectivity index (χ1n) is 4.64.